The van der Waals surface area contributed by atoms with Crippen molar-refractivity contribution in [1.29, 1.82) is 0 Å². The largest absolute Gasteiger partial charge is 0.334 e. The molecule has 0 atom stereocenters. The quantitative estimate of drug-likeness (QED) is 0.924. The van der Waals surface area contributed by atoms with Crippen LogP contribution in [0.3, 0.4) is 0 Å². The van der Waals surface area contributed by atoms with E-state index >= 15 is 0 Å². The van der Waals surface area contributed by atoms with E-state index in [9.17, 15) is 9.18 Å². The Kier molecular flexibility index (Phi) is 3.57. The van der Waals surface area contributed by atoms with Gasteiger partial charge in [-0.15, -0.1) is 0 Å². The summed E-state index contributed by atoms with van der Waals surface area (Å²) in [7, 11) is 1.55. The summed E-state index contributed by atoms with van der Waals surface area (Å²) in [5, 5.41) is 6.22. The van der Waals surface area contributed by atoms with Crippen LogP contribution in [0.5, 0.6) is 0 Å². The Hall–Kier alpha value is -1.95. The first-order valence-corrected chi connectivity index (χ1v) is 5.51. The van der Waals surface area contributed by atoms with Crippen molar-refractivity contribution in [1.82, 2.24) is 20.1 Å². The third-order valence-corrected chi connectivity index (χ3v) is 2.67. The van der Waals surface area contributed by atoms with Crippen LogP contribution in [0.25, 0.3) is 0 Å². The lowest BCUT2D eigenvalue weighted by Gasteiger charge is -2.16. The number of hydrogen-bond donors (Lipinski definition) is 1. The summed E-state index contributed by atoms with van der Waals surface area (Å²) in [6, 6.07) is 4.31. The number of H-pyrrole nitrogens is 1. The van der Waals surface area contributed by atoms with Crippen LogP contribution in [0.4, 0.5) is 4.39 Å². The van der Waals surface area contributed by atoms with Crippen molar-refractivity contribution in [2.24, 2.45) is 0 Å². The van der Waals surface area contributed by atoms with Crippen LogP contribution < -0.4 is 0 Å². The third-order valence-electron chi connectivity index (χ3n) is 2.38. The van der Waals surface area contributed by atoms with Gasteiger partial charge in [0.05, 0.1) is 17.1 Å². The lowest BCUT2D eigenvalue weighted by molar-refractivity contribution is 0.0777. The Bertz CT molecular complexity index is 558. The van der Waals surface area contributed by atoms with Gasteiger partial charge in [-0.2, -0.15) is 5.10 Å². The van der Waals surface area contributed by atoms with Gasteiger partial charge in [-0.05, 0) is 12.1 Å². The minimum absolute atomic E-state index is 0.0653. The number of halogens is 2. The zero-order valence-corrected chi connectivity index (χ0v) is 10.3. The maximum Gasteiger partial charge on any atom is 0.257 e. The minimum Gasteiger partial charge on any atom is -0.334 e. The van der Waals surface area contributed by atoms with Crippen LogP contribution in [0.2, 0.25) is 5.02 Å². The molecular formula is C11H10ClFN4O. The second kappa shape index (κ2) is 5.14. The molecule has 1 N–H and O–H groups in total. The summed E-state index contributed by atoms with van der Waals surface area (Å²) in [4.78, 5) is 17.2. The van der Waals surface area contributed by atoms with E-state index in [1.54, 1.807) is 7.05 Å². The normalized spacial score (nSPS) is 10.4. The lowest BCUT2D eigenvalue weighted by Crippen LogP contribution is -2.27. The molecule has 5 nitrogen and oxygen atoms in total. The predicted octanol–water partition coefficient (Wildman–Crippen LogP) is 1.87. The Balaban J connectivity index is 2.18. The van der Waals surface area contributed by atoms with E-state index in [4.69, 9.17) is 11.6 Å². The molecule has 7 heteroatoms. The predicted molar refractivity (Wildman–Crippen MR) is 63.6 cm³/mol. The highest BCUT2D eigenvalue weighted by Crippen LogP contribution is 2.19. The fraction of sp³-hybridized carbons (Fsp3) is 0.182. The van der Waals surface area contributed by atoms with Gasteiger partial charge in [0.15, 0.2) is 5.82 Å². The molecule has 0 aliphatic rings. The number of amides is 1. The molecule has 2 rings (SSSR count). The third kappa shape index (κ3) is 2.48. The fourth-order valence-electron chi connectivity index (χ4n) is 1.48. The fourth-order valence-corrected chi connectivity index (χ4v) is 1.65. The number of aromatic nitrogens is 3. The van der Waals surface area contributed by atoms with Crippen LogP contribution in [0.15, 0.2) is 24.5 Å². The molecule has 0 unspecified atom stereocenters. The average Bonchev–Trinajstić information content (AvgIpc) is 2.84. The molecular weight excluding hydrogens is 259 g/mol. The van der Waals surface area contributed by atoms with Crippen LogP contribution in [-0.4, -0.2) is 33.0 Å². The van der Waals surface area contributed by atoms with Crippen LogP contribution >= 0.6 is 11.6 Å². The maximum atomic E-state index is 13.7. The molecule has 2 aromatic rings. The molecule has 0 saturated heterocycles. The average molecular weight is 269 g/mol. The highest BCUT2D eigenvalue weighted by atomic mass is 35.5. The second-order valence-corrected chi connectivity index (χ2v) is 4.10. The van der Waals surface area contributed by atoms with Gasteiger partial charge in [-0.1, -0.05) is 17.7 Å². The molecule has 94 valence electrons. The second-order valence-electron chi connectivity index (χ2n) is 3.69. The van der Waals surface area contributed by atoms with Crippen molar-refractivity contribution in [3.05, 3.63) is 46.8 Å². The Morgan fingerprint density at radius 2 is 2.33 bits per heavy atom. The van der Waals surface area contributed by atoms with Gasteiger partial charge in [0, 0.05) is 7.05 Å². The standard InChI is InChI=1S/C11H10ClFN4O/c1-17(5-9-14-6-15-16-9)11(18)7-3-2-4-8(12)10(7)13/h2-4,6H,5H2,1H3,(H,14,15,16). The molecule has 0 spiro atoms. The zero-order chi connectivity index (χ0) is 13.1. The van der Waals surface area contributed by atoms with Crippen molar-refractivity contribution in [3.63, 3.8) is 0 Å². The molecule has 0 aliphatic carbocycles. The molecule has 1 aromatic carbocycles. The highest BCUT2D eigenvalue weighted by Gasteiger charge is 2.18. The zero-order valence-electron chi connectivity index (χ0n) is 9.52. The highest BCUT2D eigenvalue weighted by molar-refractivity contribution is 6.31. The van der Waals surface area contributed by atoms with E-state index < -0.39 is 11.7 Å². The number of carbonyl (C=O) groups excluding carboxylic acids is 1. The van der Waals surface area contributed by atoms with Gasteiger partial charge in [-0.25, -0.2) is 9.37 Å². The van der Waals surface area contributed by atoms with E-state index in [1.165, 1.54) is 29.4 Å². The van der Waals surface area contributed by atoms with Crippen molar-refractivity contribution in [2.45, 2.75) is 6.54 Å². The first-order valence-electron chi connectivity index (χ1n) is 5.13. The van der Waals surface area contributed by atoms with E-state index in [0.717, 1.165) is 0 Å². The van der Waals surface area contributed by atoms with Crippen molar-refractivity contribution in [2.75, 3.05) is 7.05 Å². The Morgan fingerprint density at radius 1 is 1.56 bits per heavy atom. The van der Waals surface area contributed by atoms with Crippen molar-refractivity contribution >= 4 is 17.5 Å². The molecule has 0 radical (unpaired) electrons. The van der Waals surface area contributed by atoms with E-state index in [-0.39, 0.29) is 17.1 Å². The van der Waals surface area contributed by atoms with E-state index in [2.05, 4.69) is 15.2 Å². The van der Waals surface area contributed by atoms with Crippen molar-refractivity contribution in [3.8, 4) is 0 Å². The van der Waals surface area contributed by atoms with Gasteiger partial charge in [-0.3, -0.25) is 9.89 Å². The number of aromatic amines is 1. The van der Waals surface area contributed by atoms with E-state index in [0.29, 0.717) is 5.82 Å². The summed E-state index contributed by atoms with van der Waals surface area (Å²) in [5.41, 5.74) is -0.0653. The molecule has 0 aliphatic heterocycles. The molecule has 18 heavy (non-hydrogen) atoms. The summed E-state index contributed by atoms with van der Waals surface area (Å²) < 4.78 is 13.7. The molecule has 0 fully saturated rings. The topological polar surface area (TPSA) is 61.9 Å². The van der Waals surface area contributed by atoms with Crippen molar-refractivity contribution < 1.29 is 9.18 Å². The first-order chi connectivity index (χ1) is 8.59. The van der Waals surface area contributed by atoms with Crippen LogP contribution in [0, 0.1) is 5.82 Å². The monoisotopic (exact) mass is 268 g/mol. The van der Waals surface area contributed by atoms with Gasteiger partial charge in [0.1, 0.15) is 12.2 Å². The summed E-state index contributed by atoms with van der Waals surface area (Å²) in [6.45, 7) is 0.213. The lowest BCUT2D eigenvalue weighted by atomic mass is 10.2. The summed E-state index contributed by atoms with van der Waals surface area (Å²) >= 11 is 5.63. The van der Waals surface area contributed by atoms with Gasteiger partial charge < -0.3 is 4.90 Å². The molecule has 0 bridgehead atoms. The SMILES string of the molecule is CN(Cc1ncn[nH]1)C(=O)c1cccc(Cl)c1F. The minimum atomic E-state index is -0.714. The number of carbonyl (C=O) groups is 1. The van der Waals surface area contributed by atoms with Gasteiger partial charge in [0.2, 0.25) is 0 Å². The van der Waals surface area contributed by atoms with Gasteiger partial charge >= 0.3 is 0 Å². The van der Waals surface area contributed by atoms with Crippen LogP contribution in [-0.2, 0) is 6.54 Å². The molecule has 1 aromatic heterocycles. The van der Waals surface area contributed by atoms with Gasteiger partial charge in [0.25, 0.3) is 5.91 Å². The molecule has 0 saturated carbocycles. The van der Waals surface area contributed by atoms with E-state index in [1.807, 2.05) is 0 Å². The Morgan fingerprint density at radius 3 is 3.00 bits per heavy atom. The summed E-state index contributed by atoms with van der Waals surface area (Å²) in [5.74, 6) is -0.659. The smallest absolute Gasteiger partial charge is 0.257 e. The maximum absolute atomic E-state index is 13.7. The number of rotatable bonds is 3. The number of hydrogen-bond acceptors (Lipinski definition) is 3. The van der Waals surface area contributed by atoms with Crippen LogP contribution in [0.1, 0.15) is 16.2 Å². The molecule has 1 heterocycles. The number of benzene rings is 1. The Labute approximate surface area is 108 Å². The number of nitrogens with one attached hydrogen (secondary N) is 1. The number of nitrogens with zero attached hydrogens (tertiary/aromatic N) is 3. The summed E-state index contributed by atoms with van der Waals surface area (Å²) in [6.07, 6.45) is 1.34. The molecule has 1 amide bonds. The first kappa shape index (κ1) is 12.5.